The van der Waals surface area contributed by atoms with Gasteiger partial charge in [-0.15, -0.1) is 0 Å². The standard InChI is InChI=1S/C14H29N3O2S/c1-12(2)15-8-5-11-20(18,19)16-13-7-10-17-9-4-3-6-14(13)17/h12-16H,3-11H2,1-2H3. The van der Waals surface area contributed by atoms with Gasteiger partial charge in [-0.2, -0.15) is 0 Å². The van der Waals surface area contributed by atoms with Crippen molar-refractivity contribution in [3.63, 3.8) is 0 Å². The number of fused-ring (bicyclic) bond motifs is 1. The van der Waals surface area contributed by atoms with E-state index in [9.17, 15) is 8.42 Å². The molecule has 0 aliphatic carbocycles. The zero-order chi connectivity index (χ0) is 14.6. The molecule has 0 aromatic rings. The minimum absolute atomic E-state index is 0.137. The normalized spacial score (nSPS) is 27.9. The molecule has 0 saturated carbocycles. The summed E-state index contributed by atoms with van der Waals surface area (Å²) >= 11 is 0. The van der Waals surface area contributed by atoms with E-state index < -0.39 is 10.0 Å². The second kappa shape index (κ2) is 7.20. The number of hydrogen-bond acceptors (Lipinski definition) is 4. The van der Waals surface area contributed by atoms with Gasteiger partial charge in [-0.05, 0) is 38.8 Å². The first kappa shape index (κ1) is 16.2. The van der Waals surface area contributed by atoms with Gasteiger partial charge in [0.05, 0.1) is 5.75 Å². The molecule has 0 amide bonds. The van der Waals surface area contributed by atoms with Crippen molar-refractivity contribution in [2.45, 2.75) is 64.1 Å². The van der Waals surface area contributed by atoms with Crippen LogP contribution in [0.25, 0.3) is 0 Å². The molecule has 2 unspecified atom stereocenters. The van der Waals surface area contributed by atoms with Crippen molar-refractivity contribution in [1.82, 2.24) is 14.9 Å². The van der Waals surface area contributed by atoms with Gasteiger partial charge in [0.1, 0.15) is 0 Å². The number of sulfonamides is 1. The van der Waals surface area contributed by atoms with Crippen LogP contribution in [0.2, 0.25) is 0 Å². The lowest BCUT2D eigenvalue weighted by atomic mass is 10.00. The maximum atomic E-state index is 12.1. The first-order valence-corrected chi connectivity index (χ1v) is 9.60. The molecule has 2 atom stereocenters. The molecule has 2 aliphatic rings. The Labute approximate surface area is 123 Å². The van der Waals surface area contributed by atoms with Crippen molar-refractivity contribution in [3.8, 4) is 0 Å². The van der Waals surface area contributed by atoms with Gasteiger partial charge < -0.3 is 5.32 Å². The summed E-state index contributed by atoms with van der Waals surface area (Å²) < 4.78 is 27.2. The lowest BCUT2D eigenvalue weighted by Gasteiger charge is -2.32. The molecule has 0 bridgehead atoms. The fourth-order valence-corrected chi connectivity index (χ4v) is 4.71. The molecule has 2 saturated heterocycles. The lowest BCUT2D eigenvalue weighted by Crippen LogP contribution is -2.47. The van der Waals surface area contributed by atoms with Gasteiger partial charge in [0.2, 0.25) is 10.0 Å². The largest absolute Gasteiger partial charge is 0.314 e. The number of hydrogen-bond donors (Lipinski definition) is 2. The van der Waals surface area contributed by atoms with Crippen molar-refractivity contribution in [1.29, 1.82) is 0 Å². The lowest BCUT2D eigenvalue weighted by molar-refractivity contribution is 0.186. The van der Waals surface area contributed by atoms with E-state index in [0.717, 1.165) is 32.5 Å². The second-order valence-electron chi connectivity index (χ2n) is 6.39. The van der Waals surface area contributed by atoms with Gasteiger partial charge in [-0.1, -0.05) is 20.3 Å². The van der Waals surface area contributed by atoms with Gasteiger partial charge in [0.25, 0.3) is 0 Å². The summed E-state index contributed by atoms with van der Waals surface area (Å²) in [6.45, 7) is 7.10. The molecule has 0 aromatic carbocycles. The Morgan fingerprint density at radius 2 is 2.00 bits per heavy atom. The molecule has 0 radical (unpaired) electrons. The summed E-state index contributed by atoms with van der Waals surface area (Å²) in [5.41, 5.74) is 0. The molecular formula is C14H29N3O2S. The molecule has 2 rings (SSSR count). The van der Waals surface area contributed by atoms with Crippen LogP contribution in [-0.4, -0.2) is 56.8 Å². The minimum atomic E-state index is -3.13. The van der Waals surface area contributed by atoms with Gasteiger partial charge in [0.15, 0.2) is 0 Å². The summed E-state index contributed by atoms with van der Waals surface area (Å²) in [6.07, 6.45) is 5.28. The molecule has 118 valence electrons. The molecule has 0 aromatic heterocycles. The van der Waals surface area contributed by atoms with Crippen molar-refractivity contribution in [2.75, 3.05) is 25.4 Å². The Balaban J connectivity index is 1.76. The zero-order valence-electron chi connectivity index (χ0n) is 12.8. The highest BCUT2D eigenvalue weighted by atomic mass is 32.2. The first-order valence-electron chi connectivity index (χ1n) is 7.95. The van der Waals surface area contributed by atoms with E-state index >= 15 is 0 Å². The Hall–Kier alpha value is -0.170. The van der Waals surface area contributed by atoms with Crippen LogP contribution < -0.4 is 10.0 Å². The number of piperidine rings is 1. The number of nitrogens with one attached hydrogen (secondary N) is 2. The highest BCUT2D eigenvalue weighted by molar-refractivity contribution is 7.89. The van der Waals surface area contributed by atoms with Gasteiger partial charge >= 0.3 is 0 Å². The topological polar surface area (TPSA) is 61.4 Å². The third-order valence-corrected chi connectivity index (χ3v) is 5.82. The summed E-state index contributed by atoms with van der Waals surface area (Å²) in [7, 11) is -3.13. The molecule has 2 heterocycles. The van der Waals surface area contributed by atoms with Gasteiger partial charge in [0, 0.05) is 24.7 Å². The first-order chi connectivity index (χ1) is 9.48. The maximum Gasteiger partial charge on any atom is 0.211 e. The molecule has 6 heteroatoms. The van der Waals surface area contributed by atoms with E-state index in [-0.39, 0.29) is 11.8 Å². The van der Waals surface area contributed by atoms with Crippen LogP contribution in [0.1, 0.15) is 46.0 Å². The predicted molar refractivity (Wildman–Crippen MR) is 82.3 cm³/mol. The molecule has 0 spiro atoms. The summed E-state index contributed by atoms with van der Waals surface area (Å²) in [5.74, 6) is 0.232. The fraction of sp³-hybridized carbons (Fsp3) is 1.00. The maximum absolute atomic E-state index is 12.1. The van der Waals surface area contributed by atoms with E-state index in [0.29, 0.717) is 18.5 Å². The van der Waals surface area contributed by atoms with Crippen LogP contribution in [0.5, 0.6) is 0 Å². The fourth-order valence-electron chi connectivity index (χ4n) is 3.33. The van der Waals surface area contributed by atoms with Crippen LogP contribution in [0, 0.1) is 0 Å². The van der Waals surface area contributed by atoms with Crippen molar-refractivity contribution < 1.29 is 8.42 Å². The second-order valence-corrected chi connectivity index (χ2v) is 8.27. The van der Waals surface area contributed by atoms with E-state index in [4.69, 9.17) is 0 Å². The van der Waals surface area contributed by atoms with E-state index in [1.165, 1.54) is 12.8 Å². The highest BCUT2D eigenvalue weighted by Crippen LogP contribution is 2.27. The SMILES string of the molecule is CC(C)NCCCS(=O)(=O)NC1CCN2CCCCC12. The number of nitrogens with zero attached hydrogens (tertiary/aromatic N) is 1. The number of rotatable bonds is 7. The quantitative estimate of drug-likeness (QED) is 0.687. The molecule has 2 aliphatic heterocycles. The van der Waals surface area contributed by atoms with Crippen molar-refractivity contribution >= 4 is 10.0 Å². The Morgan fingerprint density at radius 1 is 1.20 bits per heavy atom. The molecule has 20 heavy (non-hydrogen) atoms. The molecule has 2 N–H and O–H groups in total. The van der Waals surface area contributed by atoms with E-state index in [1.807, 2.05) is 0 Å². The van der Waals surface area contributed by atoms with Crippen LogP contribution in [0.3, 0.4) is 0 Å². The average molecular weight is 303 g/mol. The smallest absolute Gasteiger partial charge is 0.211 e. The minimum Gasteiger partial charge on any atom is -0.314 e. The molecular weight excluding hydrogens is 274 g/mol. The van der Waals surface area contributed by atoms with Crippen molar-refractivity contribution in [2.24, 2.45) is 0 Å². The van der Waals surface area contributed by atoms with Crippen LogP contribution >= 0.6 is 0 Å². The average Bonchev–Trinajstić information content (AvgIpc) is 2.78. The van der Waals surface area contributed by atoms with Crippen molar-refractivity contribution in [3.05, 3.63) is 0 Å². The predicted octanol–water partition coefficient (Wildman–Crippen LogP) is 0.921. The molecule has 5 nitrogen and oxygen atoms in total. The van der Waals surface area contributed by atoms with Gasteiger partial charge in [-0.25, -0.2) is 13.1 Å². The van der Waals surface area contributed by atoms with Gasteiger partial charge in [-0.3, -0.25) is 4.90 Å². The third kappa shape index (κ3) is 4.69. The Morgan fingerprint density at radius 3 is 2.75 bits per heavy atom. The van der Waals surface area contributed by atoms with Crippen LogP contribution in [0.4, 0.5) is 0 Å². The van der Waals surface area contributed by atoms with E-state index in [2.05, 4.69) is 28.8 Å². The molecule has 2 fully saturated rings. The monoisotopic (exact) mass is 303 g/mol. The Bertz CT molecular complexity index is 397. The zero-order valence-corrected chi connectivity index (χ0v) is 13.6. The highest BCUT2D eigenvalue weighted by Gasteiger charge is 2.37. The summed E-state index contributed by atoms with van der Waals surface area (Å²) in [6, 6.07) is 0.988. The summed E-state index contributed by atoms with van der Waals surface area (Å²) in [5, 5.41) is 3.26. The third-order valence-electron chi connectivity index (χ3n) is 4.33. The summed E-state index contributed by atoms with van der Waals surface area (Å²) in [4.78, 5) is 2.46. The van der Waals surface area contributed by atoms with Crippen LogP contribution in [-0.2, 0) is 10.0 Å². The van der Waals surface area contributed by atoms with Crippen LogP contribution in [0.15, 0.2) is 0 Å². The Kier molecular flexibility index (Phi) is 5.84. The van der Waals surface area contributed by atoms with E-state index in [1.54, 1.807) is 0 Å².